The van der Waals surface area contributed by atoms with Crippen molar-refractivity contribution in [3.05, 3.63) is 23.7 Å². The van der Waals surface area contributed by atoms with Gasteiger partial charge in [-0.1, -0.05) is 0 Å². The molecule has 2 aromatic heterocycles. The molecular formula is C15H19N7O2S. The van der Waals surface area contributed by atoms with E-state index in [4.69, 9.17) is 5.14 Å². The largest absolute Gasteiger partial charge is 0.354 e. The van der Waals surface area contributed by atoms with Gasteiger partial charge in [0, 0.05) is 31.6 Å². The summed E-state index contributed by atoms with van der Waals surface area (Å²) >= 11 is 0. The van der Waals surface area contributed by atoms with Gasteiger partial charge in [-0.15, -0.1) is 0 Å². The minimum atomic E-state index is -3.63. The van der Waals surface area contributed by atoms with Crippen LogP contribution in [0.25, 0.3) is 5.52 Å². The van der Waals surface area contributed by atoms with E-state index in [1.807, 2.05) is 13.0 Å². The zero-order chi connectivity index (χ0) is 18.0. The molecule has 0 atom stereocenters. The Labute approximate surface area is 145 Å². The number of nitrogens with two attached hydrogens (primary N) is 1. The highest BCUT2D eigenvalue weighted by molar-refractivity contribution is 7.86. The molecule has 1 saturated carbocycles. The lowest BCUT2D eigenvalue weighted by Gasteiger charge is -2.60. The maximum Gasteiger partial charge on any atom is 0.276 e. The second-order valence-corrected chi connectivity index (χ2v) is 8.75. The second kappa shape index (κ2) is 5.14. The summed E-state index contributed by atoms with van der Waals surface area (Å²) in [5.74, 6) is 0.822. The Balaban J connectivity index is 1.52. The van der Waals surface area contributed by atoms with Crippen molar-refractivity contribution in [3.63, 3.8) is 0 Å². The Morgan fingerprint density at radius 3 is 2.72 bits per heavy atom. The van der Waals surface area contributed by atoms with Crippen LogP contribution in [0.2, 0.25) is 0 Å². The van der Waals surface area contributed by atoms with E-state index < -0.39 is 10.2 Å². The van der Waals surface area contributed by atoms with Gasteiger partial charge in [-0.3, -0.25) is 0 Å². The molecular weight excluding hydrogens is 342 g/mol. The average Bonchev–Trinajstić information content (AvgIpc) is 2.80. The molecule has 1 spiro atoms. The molecule has 25 heavy (non-hydrogen) atoms. The molecule has 0 amide bonds. The quantitative estimate of drug-likeness (QED) is 0.822. The molecule has 2 N–H and O–H groups in total. The molecule has 0 bridgehead atoms. The molecule has 2 fully saturated rings. The molecule has 4 rings (SSSR count). The molecule has 2 aliphatic rings. The van der Waals surface area contributed by atoms with E-state index >= 15 is 0 Å². The first-order valence-corrected chi connectivity index (χ1v) is 9.49. The number of hydrogen-bond donors (Lipinski definition) is 1. The number of hydrogen-bond acceptors (Lipinski definition) is 6. The lowest BCUT2D eigenvalue weighted by molar-refractivity contribution is 0.0207. The van der Waals surface area contributed by atoms with Gasteiger partial charge in [0.25, 0.3) is 10.2 Å². The van der Waals surface area contributed by atoms with Crippen LogP contribution >= 0.6 is 0 Å². The summed E-state index contributed by atoms with van der Waals surface area (Å²) in [6.07, 6.45) is 3.08. The molecule has 9 nitrogen and oxygen atoms in total. The molecule has 0 aromatic carbocycles. The molecule has 1 aliphatic carbocycles. The number of nitriles is 1. The van der Waals surface area contributed by atoms with Gasteiger partial charge >= 0.3 is 0 Å². The highest BCUT2D eigenvalue weighted by Gasteiger charge is 2.55. The summed E-state index contributed by atoms with van der Waals surface area (Å²) in [5, 5.41) is 18.6. The highest BCUT2D eigenvalue weighted by atomic mass is 32.2. The lowest BCUT2D eigenvalue weighted by Crippen LogP contribution is -2.67. The van der Waals surface area contributed by atoms with Gasteiger partial charge < -0.3 is 4.90 Å². The summed E-state index contributed by atoms with van der Waals surface area (Å²) in [6, 6.07) is 3.93. The summed E-state index contributed by atoms with van der Waals surface area (Å²) in [6.45, 7) is 3.58. The number of aromatic nitrogens is 3. The predicted octanol–water partition coefficient (Wildman–Crippen LogP) is 0.0135. The second-order valence-electron chi connectivity index (χ2n) is 7.15. The van der Waals surface area contributed by atoms with Crippen LogP contribution in [-0.4, -0.2) is 53.5 Å². The smallest absolute Gasteiger partial charge is 0.276 e. The van der Waals surface area contributed by atoms with Crippen molar-refractivity contribution < 1.29 is 8.42 Å². The monoisotopic (exact) mass is 361 g/mol. The fourth-order valence-electron chi connectivity index (χ4n) is 4.09. The van der Waals surface area contributed by atoms with Crippen molar-refractivity contribution in [1.82, 2.24) is 18.9 Å². The van der Waals surface area contributed by atoms with E-state index in [1.54, 1.807) is 4.52 Å². The van der Waals surface area contributed by atoms with Gasteiger partial charge in [0.2, 0.25) is 0 Å². The SMILES string of the molecule is Cc1cc(C#N)n2ncnc(N3CC4(CC(N(C)S(N)(=O)=O)C4)C3)c12. The Kier molecular flexibility index (Phi) is 3.34. The third-order valence-corrected chi connectivity index (χ3v) is 6.55. The van der Waals surface area contributed by atoms with Crippen molar-refractivity contribution >= 4 is 21.5 Å². The van der Waals surface area contributed by atoms with Gasteiger partial charge in [0.15, 0.2) is 5.82 Å². The average molecular weight is 361 g/mol. The van der Waals surface area contributed by atoms with Crippen LogP contribution in [0.4, 0.5) is 5.82 Å². The fourth-order valence-corrected chi connectivity index (χ4v) is 4.66. The molecule has 0 radical (unpaired) electrons. The minimum Gasteiger partial charge on any atom is -0.354 e. The first-order valence-electron chi connectivity index (χ1n) is 7.98. The van der Waals surface area contributed by atoms with E-state index in [9.17, 15) is 13.7 Å². The van der Waals surface area contributed by atoms with Crippen molar-refractivity contribution in [2.24, 2.45) is 10.6 Å². The Hall–Kier alpha value is -2.22. The maximum atomic E-state index is 11.4. The molecule has 1 aliphatic heterocycles. The third kappa shape index (κ3) is 2.38. The van der Waals surface area contributed by atoms with Crippen LogP contribution in [0.3, 0.4) is 0 Å². The topological polar surface area (TPSA) is 121 Å². The number of aryl methyl sites for hydroxylation is 1. The van der Waals surface area contributed by atoms with Crippen LogP contribution in [0.5, 0.6) is 0 Å². The molecule has 3 heterocycles. The first-order chi connectivity index (χ1) is 11.7. The van der Waals surface area contributed by atoms with Crippen molar-refractivity contribution in [2.75, 3.05) is 25.0 Å². The molecule has 10 heteroatoms. The third-order valence-electron chi connectivity index (χ3n) is 5.45. The van der Waals surface area contributed by atoms with E-state index in [0.29, 0.717) is 5.69 Å². The van der Waals surface area contributed by atoms with E-state index in [0.717, 1.165) is 42.8 Å². The van der Waals surface area contributed by atoms with Crippen LogP contribution in [0.1, 0.15) is 24.1 Å². The fraction of sp³-hybridized carbons (Fsp3) is 0.533. The molecule has 0 unspecified atom stereocenters. The van der Waals surface area contributed by atoms with Crippen LogP contribution in [0.15, 0.2) is 12.4 Å². The maximum absolute atomic E-state index is 11.4. The standard InChI is InChI=1S/C15H19N7O2S/c1-10-3-11(6-16)22-13(10)14(18-9-19-22)21-7-15(8-21)4-12(5-15)20(2)25(17,23)24/h3,9,12H,4-5,7-8H2,1-2H3,(H2,17,23,24). The van der Waals surface area contributed by atoms with Gasteiger partial charge in [0.1, 0.15) is 23.6 Å². The van der Waals surface area contributed by atoms with Crippen LogP contribution < -0.4 is 10.0 Å². The number of rotatable bonds is 3. The van der Waals surface area contributed by atoms with Gasteiger partial charge in [-0.25, -0.2) is 14.6 Å². The summed E-state index contributed by atoms with van der Waals surface area (Å²) in [7, 11) is -2.10. The normalized spacial score (nSPS) is 19.9. The zero-order valence-corrected chi connectivity index (χ0v) is 14.9. The zero-order valence-electron chi connectivity index (χ0n) is 14.0. The molecule has 2 aromatic rings. The van der Waals surface area contributed by atoms with Crippen molar-refractivity contribution in [1.29, 1.82) is 5.26 Å². The van der Waals surface area contributed by atoms with Crippen LogP contribution in [0, 0.1) is 23.7 Å². The van der Waals surface area contributed by atoms with Gasteiger partial charge in [-0.2, -0.15) is 23.1 Å². The summed E-state index contributed by atoms with van der Waals surface area (Å²) in [4.78, 5) is 6.58. The Morgan fingerprint density at radius 1 is 1.44 bits per heavy atom. The van der Waals surface area contributed by atoms with Gasteiger partial charge in [0.05, 0.1) is 0 Å². The molecule has 132 valence electrons. The summed E-state index contributed by atoms with van der Waals surface area (Å²) < 4.78 is 25.8. The summed E-state index contributed by atoms with van der Waals surface area (Å²) in [5.41, 5.74) is 2.44. The lowest BCUT2D eigenvalue weighted by atomic mass is 9.60. The molecule has 1 saturated heterocycles. The highest BCUT2D eigenvalue weighted by Crippen LogP contribution is 2.51. The van der Waals surface area contributed by atoms with Crippen molar-refractivity contribution in [3.8, 4) is 6.07 Å². The van der Waals surface area contributed by atoms with Crippen LogP contribution in [-0.2, 0) is 10.2 Å². The Morgan fingerprint density at radius 2 is 2.12 bits per heavy atom. The first kappa shape index (κ1) is 16.3. The van der Waals surface area contributed by atoms with E-state index in [1.165, 1.54) is 17.7 Å². The van der Waals surface area contributed by atoms with E-state index in [-0.39, 0.29) is 11.5 Å². The number of anilines is 1. The Bertz CT molecular complexity index is 993. The predicted molar refractivity (Wildman–Crippen MR) is 91.0 cm³/mol. The minimum absolute atomic E-state index is 0.0252. The number of fused-ring (bicyclic) bond motifs is 1. The van der Waals surface area contributed by atoms with Crippen molar-refractivity contribution in [2.45, 2.75) is 25.8 Å². The number of nitrogens with zero attached hydrogens (tertiary/aromatic N) is 6. The van der Waals surface area contributed by atoms with E-state index in [2.05, 4.69) is 21.1 Å². The van der Waals surface area contributed by atoms with Gasteiger partial charge in [-0.05, 0) is 31.4 Å².